The second-order valence-corrected chi connectivity index (χ2v) is 7.53. The van der Waals surface area contributed by atoms with Crippen LogP contribution in [0.4, 0.5) is 5.82 Å². The molecule has 3 heterocycles. The SMILES string of the molecule is COc1cc(-c2nn3c(c2C(N)=O)NCCC3C2CN(C(C)=O)C2)ccc1C. The van der Waals surface area contributed by atoms with E-state index in [1.165, 1.54) is 0 Å². The number of aryl methyl sites for hydroxylation is 1. The molecule has 8 nitrogen and oxygen atoms in total. The zero-order chi connectivity index (χ0) is 20.0. The van der Waals surface area contributed by atoms with Crippen LogP contribution < -0.4 is 15.8 Å². The number of amides is 2. The van der Waals surface area contributed by atoms with Crippen LogP contribution in [0.3, 0.4) is 0 Å². The number of benzene rings is 1. The first-order valence-corrected chi connectivity index (χ1v) is 9.47. The van der Waals surface area contributed by atoms with Crippen molar-refractivity contribution in [1.82, 2.24) is 14.7 Å². The highest BCUT2D eigenvalue weighted by Crippen LogP contribution is 2.40. The Morgan fingerprint density at radius 3 is 2.71 bits per heavy atom. The van der Waals surface area contributed by atoms with Gasteiger partial charge in [0.1, 0.15) is 22.8 Å². The maximum absolute atomic E-state index is 12.3. The summed E-state index contributed by atoms with van der Waals surface area (Å²) in [5.74, 6) is 1.31. The van der Waals surface area contributed by atoms with Crippen molar-refractivity contribution < 1.29 is 14.3 Å². The minimum Gasteiger partial charge on any atom is -0.496 e. The van der Waals surface area contributed by atoms with Crippen molar-refractivity contribution in [2.75, 3.05) is 32.1 Å². The van der Waals surface area contributed by atoms with Gasteiger partial charge in [-0.2, -0.15) is 5.10 Å². The minimum absolute atomic E-state index is 0.0936. The Balaban J connectivity index is 1.76. The number of hydrogen-bond donors (Lipinski definition) is 2. The molecule has 1 atom stereocenters. The number of nitrogens with one attached hydrogen (secondary N) is 1. The number of primary amides is 1. The number of rotatable bonds is 4. The summed E-state index contributed by atoms with van der Waals surface area (Å²) in [5.41, 5.74) is 8.49. The van der Waals surface area contributed by atoms with Crippen molar-refractivity contribution in [3.63, 3.8) is 0 Å². The van der Waals surface area contributed by atoms with Crippen LogP contribution in [-0.4, -0.2) is 53.2 Å². The van der Waals surface area contributed by atoms with Crippen LogP contribution >= 0.6 is 0 Å². The maximum atomic E-state index is 12.3. The molecular formula is C20H25N5O3. The fourth-order valence-electron chi connectivity index (χ4n) is 4.16. The summed E-state index contributed by atoms with van der Waals surface area (Å²) in [7, 11) is 1.62. The monoisotopic (exact) mass is 383 g/mol. The van der Waals surface area contributed by atoms with Gasteiger partial charge in [0.25, 0.3) is 5.91 Å². The molecule has 148 valence electrons. The normalized spacial score (nSPS) is 18.8. The summed E-state index contributed by atoms with van der Waals surface area (Å²) >= 11 is 0. The number of hydrogen-bond acceptors (Lipinski definition) is 5. The lowest BCUT2D eigenvalue weighted by molar-refractivity contribution is -0.136. The van der Waals surface area contributed by atoms with Crippen LogP contribution in [0, 0.1) is 12.8 Å². The molecule has 1 saturated heterocycles. The molecule has 0 bridgehead atoms. The molecule has 0 spiro atoms. The largest absolute Gasteiger partial charge is 0.496 e. The van der Waals surface area contributed by atoms with Crippen molar-refractivity contribution in [2.45, 2.75) is 26.3 Å². The lowest BCUT2D eigenvalue weighted by Gasteiger charge is -2.44. The molecule has 1 fully saturated rings. The lowest BCUT2D eigenvalue weighted by atomic mass is 9.88. The zero-order valence-corrected chi connectivity index (χ0v) is 16.4. The van der Waals surface area contributed by atoms with Gasteiger partial charge in [-0.15, -0.1) is 0 Å². The van der Waals surface area contributed by atoms with E-state index in [4.69, 9.17) is 15.6 Å². The zero-order valence-electron chi connectivity index (χ0n) is 16.4. The third-order valence-electron chi connectivity index (χ3n) is 5.78. The lowest BCUT2D eigenvalue weighted by Crippen LogP contribution is -2.53. The number of nitrogens with two attached hydrogens (primary N) is 1. The molecule has 1 unspecified atom stereocenters. The second-order valence-electron chi connectivity index (χ2n) is 7.53. The van der Waals surface area contributed by atoms with Gasteiger partial charge in [-0.1, -0.05) is 12.1 Å². The topological polar surface area (TPSA) is 102 Å². The molecule has 4 rings (SSSR count). The fourth-order valence-corrected chi connectivity index (χ4v) is 4.16. The Morgan fingerprint density at radius 1 is 1.32 bits per heavy atom. The highest BCUT2D eigenvalue weighted by atomic mass is 16.5. The predicted octanol–water partition coefficient (Wildman–Crippen LogP) is 1.80. The Kier molecular flexibility index (Phi) is 4.49. The second kappa shape index (κ2) is 6.85. The fraction of sp³-hybridized carbons (Fsp3) is 0.450. The summed E-state index contributed by atoms with van der Waals surface area (Å²) < 4.78 is 7.32. The van der Waals surface area contributed by atoms with Gasteiger partial charge in [-0.3, -0.25) is 9.59 Å². The van der Waals surface area contributed by atoms with Crippen molar-refractivity contribution in [1.29, 1.82) is 0 Å². The van der Waals surface area contributed by atoms with E-state index < -0.39 is 5.91 Å². The minimum atomic E-state index is -0.511. The Labute approximate surface area is 163 Å². The first kappa shape index (κ1) is 18.3. The first-order chi connectivity index (χ1) is 13.4. The van der Waals surface area contributed by atoms with E-state index in [1.807, 2.05) is 34.7 Å². The number of carbonyl (C=O) groups is 2. The number of fused-ring (bicyclic) bond motifs is 1. The van der Waals surface area contributed by atoms with Crippen LogP contribution in [0.25, 0.3) is 11.3 Å². The average Bonchev–Trinajstić information content (AvgIpc) is 3.01. The van der Waals surface area contributed by atoms with Crippen molar-refractivity contribution in [3.8, 4) is 17.0 Å². The molecule has 1 aromatic heterocycles. The molecule has 2 aliphatic rings. The Morgan fingerprint density at radius 2 is 2.07 bits per heavy atom. The highest BCUT2D eigenvalue weighted by Gasteiger charge is 2.40. The van der Waals surface area contributed by atoms with Crippen LogP contribution in [0.2, 0.25) is 0 Å². The van der Waals surface area contributed by atoms with Crippen molar-refractivity contribution in [2.24, 2.45) is 11.7 Å². The van der Waals surface area contributed by atoms with Gasteiger partial charge in [-0.05, 0) is 25.0 Å². The van der Waals surface area contributed by atoms with Crippen molar-refractivity contribution >= 4 is 17.6 Å². The molecule has 3 N–H and O–H groups in total. The Bertz CT molecular complexity index is 946. The number of methoxy groups -OCH3 is 1. The van der Waals surface area contributed by atoms with Crippen LogP contribution in [0.15, 0.2) is 18.2 Å². The molecule has 2 aliphatic heterocycles. The van der Waals surface area contributed by atoms with Crippen molar-refractivity contribution in [3.05, 3.63) is 29.3 Å². The number of ether oxygens (including phenoxy) is 1. The molecule has 0 aliphatic carbocycles. The number of nitrogens with zero attached hydrogens (tertiary/aromatic N) is 3. The summed E-state index contributed by atoms with van der Waals surface area (Å²) in [5, 5.41) is 8.09. The molecule has 8 heteroatoms. The molecule has 1 aromatic carbocycles. The van der Waals surface area contributed by atoms with Gasteiger partial charge in [0.15, 0.2) is 0 Å². The van der Waals surface area contributed by atoms with Gasteiger partial charge >= 0.3 is 0 Å². The first-order valence-electron chi connectivity index (χ1n) is 9.47. The molecular weight excluding hydrogens is 358 g/mol. The maximum Gasteiger partial charge on any atom is 0.254 e. The number of anilines is 1. The van der Waals surface area contributed by atoms with Crippen LogP contribution in [0.5, 0.6) is 5.75 Å². The average molecular weight is 383 g/mol. The summed E-state index contributed by atoms with van der Waals surface area (Å²) in [6.45, 7) is 5.73. The number of aromatic nitrogens is 2. The van der Waals surface area contributed by atoms with E-state index in [2.05, 4.69) is 5.32 Å². The van der Waals surface area contributed by atoms with Gasteiger partial charge in [-0.25, -0.2) is 4.68 Å². The number of likely N-dealkylation sites (tertiary alicyclic amines) is 1. The quantitative estimate of drug-likeness (QED) is 0.838. The third-order valence-corrected chi connectivity index (χ3v) is 5.78. The van der Waals surface area contributed by atoms with E-state index in [0.29, 0.717) is 23.0 Å². The van der Waals surface area contributed by atoms with E-state index in [-0.39, 0.29) is 11.9 Å². The van der Waals surface area contributed by atoms with E-state index in [9.17, 15) is 9.59 Å². The Hall–Kier alpha value is -3.03. The summed E-state index contributed by atoms with van der Waals surface area (Å²) in [6.07, 6.45) is 0.889. The van der Waals surface area contributed by atoms with Crippen LogP contribution in [0.1, 0.15) is 35.3 Å². The third kappa shape index (κ3) is 2.89. The molecule has 2 amide bonds. The molecule has 28 heavy (non-hydrogen) atoms. The van der Waals surface area contributed by atoms with E-state index >= 15 is 0 Å². The van der Waals surface area contributed by atoms with E-state index in [1.54, 1.807) is 14.0 Å². The smallest absolute Gasteiger partial charge is 0.254 e. The predicted molar refractivity (Wildman–Crippen MR) is 105 cm³/mol. The summed E-state index contributed by atoms with van der Waals surface area (Å²) in [4.78, 5) is 25.7. The highest BCUT2D eigenvalue weighted by molar-refractivity contribution is 6.04. The van der Waals surface area contributed by atoms with Crippen LogP contribution in [-0.2, 0) is 4.79 Å². The molecule has 2 aromatic rings. The number of carbonyl (C=O) groups excluding carboxylic acids is 2. The van der Waals surface area contributed by atoms with Gasteiger partial charge in [0.2, 0.25) is 5.91 Å². The summed E-state index contributed by atoms with van der Waals surface area (Å²) in [6, 6.07) is 5.88. The van der Waals surface area contributed by atoms with Gasteiger partial charge in [0.05, 0.1) is 13.2 Å². The van der Waals surface area contributed by atoms with Gasteiger partial charge in [0, 0.05) is 38.0 Å². The molecule has 0 radical (unpaired) electrons. The van der Waals surface area contributed by atoms with Gasteiger partial charge < -0.3 is 20.7 Å². The standard InChI is InChI=1S/C20H25N5O3/c1-11-4-5-13(8-16(11)28-3)18-17(19(21)27)20-22-7-6-15(25(20)23-18)14-9-24(10-14)12(2)26/h4-5,8,14-15,22H,6-7,9-10H2,1-3H3,(H2,21,27). The van der Waals surface area contributed by atoms with E-state index in [0.717, 1.165) is 42.9 Å². The molecule has 0 saturated carbocycles.